The molecule has 0 radical (unpaired) electrons. The van der Waals surface area contributed by atoms with Gasteiger partial charge in [0.15, 0.2) is 0 Å². The molecule has 5 heteroatoms. The average molecular weight is 194 g/mol. The molecule has 1 aliphatic rings. The number of hydrogen-bond acceptors (Lipinski definition) is 5. The van der Waals surface area contributed by atoms with Crippen LogP contribution in [0.15, 0.2) is 6.07 Å². The maximum atomic E-state index is 5.69. The monoisotopic (exact) mass is 194 g/mol. The normalized spacial score (nSPS) is 24.5. The number of aryl methyl sites for hydroxylation is 1. The summed E-state index contributed by atoms with van der Waals surface area (Å²) in [5, 5.41) is 3.23. The first-order valence-electron chi connectivity index (χ1n) is 4.61. The van der Waals surface area contributed by atoms with Crippen LogP contribution in [0.25, 0.3) is 0 Å². The SMILES string of the molecule is COc1nc(C)cc(NC2CC2N)n1. The molecule has 1 aliphatic carbocycles. The first kappa shape index (κ1) is 9.21. The second-order valence-corrected chi connectivity index (χ2v) is 3.53. The molecule has 0 saturated heterocycles. The second-order valence-electron chi connectivity index (χ2n) is 3.53. The van der Waals surface area contributed by atoms with Gasteiger partial charge in [0.05, 0.1) is 7.11 Å². The number of rotatable bonds is 3. The molecule has 0 amide bonds. The van der Waals surface area contributed by atoms with Crippen LogP contribution in [0.5, 0.6) is 6.01 Å². The number of nitrogens with zero attached hydrogens (tertiary/aromatic N) is 2. The molecule has 0 bridgehead atoms. The molecule has 76 valence electrons. The van der Waals surface area contributed by atoms with E-state index < -0.39 is 0 Å². The first-order chi connectivity index (χ1) is 6.69. The molecule has 2 atom stereocenters. The third kappa shape index (κ3) is 1.93. The lowest BCUT2D eigenvalue weighted by molar-refractivity contribution is 0.379. The number of methoxy groups -OCH3 is 1. The van der Waals surface area contributed by atoms with Crippen molar-refractivity contribution in [2.75, 3.05) is 12.4 Å². The van der Waals surface area contributed by atoms with Crippen molar-refractivity contribution >= 4 is 5.82 Å². The van der Waals surface area contributed by atoms with E-state index in [1.165, 1.54) is 0 Å². The highest BCUT2D eigenvalue weighted by Gasteiger charge is 2.33. The smallest absolute Gasteiger partial charge is 0.318 e. The van der Waals surface area contributed by atoms with Crippen molar-refractivity contribution in [3.63, 3.8) is 0 Å². The molecule has 0 aromatic carbocycles. The Morgan fingerprint density at radius 2 is 2.29 bits per heavy atom. The summed E-state index contributed by atoms with van der Waals surface area (Å²) in [4.78, 5) is 8.26. The number of aromatic nitrogens is 2. The van der Waals surface area contributed by atoms with E-state index in [2.05, 4.69) is 15.3 Å². The molecule has 2 rings (SSSR count). The average Bonchev–Trinajstić information content (AvgIpc) is 2.80. The van der Waals surface area contributed by atoms with E-state index in [4.69, 9.17) is 10.5 Å². The van der Waals surface area contributed by atoms with Crippen LogP contribution in [-0.2, 0) is 0 Å². The molecule has 1 fully saturated rings. The van der Waals surface area contributed by atoms with Crippen molar-refractivity contribution in [2.24, 2.45) is 5.73 Å². The highest BCUT2D eigenvalue weighted by Crippen LogP contribution is 2.23. The van der Waals surface area contributed by atoms with Crippen LogP contribution in [0, 0.1) is 6.92 Å². The fourth-order valence-electron chi connectivity index (χ4n) is 1.28. The molecule has 1 heterocycles. The molecule has 3 N–H and O–H groups in total. The van der Waals surface area contributed by atoms with Gasteiger partial charge in [0.2, 0.25) is 0 Å². The Bertz CT molecular complexity index is 342. The Morgan fingerprint density at radius 3 is 2.86 bits per heavy atom. The Labute approximate surface area is 82.7 Å². The number of nitrogens with one attached hydrogen (secondary N) is 1. The van der Waals surface area contributed by atoms with Crippen molar-refractivity contribution in [3.05, 3.63) is 11.8 Å². The zero-order valence-corrected chi connectivity index (χ0v) is 8.32. The van der Waals surface area contributed by atoms with Gasteiger partial charge >= 0.3 is 6.01 Å². The van der Waals surface area contributed by atoms with Gasteiger partial charge in [0.1, 0.15) is 5.82 Å². The fourth-order valence-corrected chi connectivity index (χ4v) is 1.28. The molecule has 1 saturated carbocycles. The third-order valence-electron chi connectivity index (χ3n) is 2.19. The van der Waals surface area contributed by atoms with E-state index >= 15 is 0 Å². The summed E-state index contributed by atoms with van der Waals surface area (Å²) in [6, 6.07) is 2.89. The maximum absolute atomic E-state index is 5.69. The van der Waals surface area contributed by atoms with Crippen molar-refractivity contribution in [2.45, 2.75) is 25.4 Å². The van der Waals surface area contributed by atoms with Gasteiger partial charge in [-0.15, -0.1) is 0 Å². The molecule has 5 nitrogen and oxygen atoms in total. The molecular formula is C9H14N4O. The summed E-state index contributed by atoms with van der Waals surface area (Å²) in [5.74, 6) is 0.785. The summed E-state index contributed by atoms with van der Waals surface area (Å²) < 4.78 is 4.97. The van der Waals surface area contributed by atoms with Gasteiger partial charge in [-0.25, -0.2) is 4.98 Å². The lowest BCUT2D eigenvalue weighted by Gasteiger charge is -2.06. The molecule has 0 spiro atoms. The number of ether oxygens (including phenoxy) is 1. The van der Waals surface area contributed by atoms with Crippen molar-refractivity contribution in [1.29, 1.82) is 0 Å². The minimum Gasteiger partial charge on any atom is -0.467 e. The van der Waals surface area contributed by atoms with Crippen LogP contribution in [0.2, 0.25) is 0 Å². The Hall–Kier alpha value is -1.36. The van der Waals surface area contributed by atoms with Crippen molar-refractivity contribution < 1.29 is 4.74 Å². The van der Waals surface area contributed by atoms with Crippen LogP contribution in [0.1, 0.15) is 12.1 Å². The zero-order chi connectivity index (χ0) is 10.1. The predicted molar refractivity (Wildman–Crippen MR) is 53.3 cm³/mol. The van der Waals surface area contributed by atoms with E-state index in [0.29, 0.717) is 12.1 Å². The largest absolute Gasteiger partial charge is 0.467 e. The van der Waals surface area contributed by atoms with Crippen molar-refractivity contribution in [1.82, 2.24) is 9.97 Å². The van der Waals surface area contributed by atoms with Crippen LogP contribution >= 0.6 is 0 Å². The van der Waals surface area contributed by atoms with Crippen LogP contribution in [0.3, 0.4) is 0 Å². The zero-order valence-electron chi connectivity index (χ0n) is 8.32. The first-order valence-corrected chi connectivity index (χ1v) is 4.61. The van der Waals surface area contributed by atoms with Crippen LogP contribution in [-0.4, -0.2) is 29.2 Å². The van der Waals surface area contributed by atoms with Gasteiger partial charge in [0, 0.05) is 23.8 Å². The fraction of sp³-hybridized carbons (Fsp3) is 0.556. The number of anilines is 1. The van der Waals surface area contributed by atoms with Gasteiger partial charge in [-0.2, -0.15) is 4.98 Å². The third-order valence-corrected chi connectivity index (χ3v) is 2.19. The lowest BCUT2D eigenvalue weighted by Crippen LogP contribution is -2.14. The molecule has 1 aromatic heterocycles. The topological polar surface area (TPSA) is 73.1 Å². The van der Waals surface area contributed by atoms with E-state index in [0.717, 1.165) is 17.9 Å². The minimum atomic E-state index is 0.260. The summed E-state index contributed by atoms with van der Waals surface area (Å²) in [7, 11) is 1.56. The molecule has 1 aromatic rings. The summed E-state index contributed by atoms with van der Waals surface area (Å²) in [6.07, 6.45) is 1.01. The van der Waals surface area contributed by atoms with Gasteiger partial charge in [-0.1, -0.05) is 0 Å². The summed E-state index contributed by atoms with van der Waals surface area (Å²) in [6.45, 7) is 1.90. The van der Waals surface area contributed by atoms with Crippen LogP contribution < -0.4 is 15.8 Å². The molecule has 14 heavy (non-hydrogen) atoms. The molecule has 0 aliphatic heterocycles. The highest BCUT2D eigenvalue weighted by atomic mass is 16.5. The quantitative estimate of drug-likeness (QED) is 0.724. The van der Waals surface area contributed by atoms with Gasteiger partial charge in [-0.05, 0) is 13.3 Å². The molecular weight excluding hydrogens is 180 g/mol. The maximum Gasteiger partial charge on any atom is 0.318 e. The van der Waals surface area contributed by atoms with Crippen LogP contribution in [0.4, 0.5) is 5.82 Å². The standard InChI is InChI=1S/C9H14N4O/c1-5-3-8(12-7-4-6(7)10)13-9(11-5)14-2/h3,6-7H,4,10H2,1-2H3,(H,11,12,13). The van der Waals surface area contributed by atoms with Gasteiger partial charge in [-0.3, -0.25) is 0 Å². The summed E-state index contributed by atoms with van der Waals surface area (Å²) >= 11 is 0. The minimum absolute atomic E-state index is 0.260. The highest BCUT2D eigenvalue weighted by molar-refractivity contribution is 5.40. The number of hydrogen-bond donors (Lipinski definition) is 2. The Morgan fingerprint density at radius 1 is 1.57 bits per heavy atom. The predicted octanol–water partition coefficient (Wildman–Crippen LogP) is 0.305. The van der Waals surface area contributed by atoms with E-state index in [-0.39, 0.29) is 6.04 Å². The van der Waals surface area contributed by atoms with Gasteiger partial charge in [0.25, 0.3) is 0 Å². The molecule has 2 unspecified atom stereocenters. The van der Waals surface area contributed by atoms with Crippen molar-refractivity contribution in [3.8, 4) is 6.01 Å². The Kier molecular flexibility index (Phi) is 2.25. The Balaban J connectivity index is 2.12. The number of nitrogens with two attached hydrogens (primary N) is 1. The van der Waals surface area contributed by atoms with E-state index in [1.807, 2.05) is 13.0 Å². The van der Waals surface area contributed by atoms with Gasteiger partial charge < -0.3 is 15.8 Å². The summed E-state index contributed by atoms with van der Waals surface area (Å²) in [5.41, 5.74) is 6.57. The second kappa shape index (κ2) is 3.42. The van der Waals surface area contributed by atoms with E-state index in [9.17, 15) is 0 Å². The van der Waals surface area contributed by atoms with E-state index in [1.54, 1.807) is 7.11 Å². The lowest BCUT2D eigenvalue weighted by atomic mass is 10.4.